The van der Waals surface area contributed by atoms with Crippen molar-refractivity contribution in [1.29, 1.82) is 0 Å². The van der Waals surface area contributed by atoms with Gasteiger partial charge in [-0.3, -0.25) is 19.9 Å². The fourth-order valence-corrected chi connectivity index (χ4v) is 2.37. The van der Waals surface area contributed by atoms with Crippen LogP contribution in [0.25, 0.3) is 0 Å². The van der Waals surface area contributed by atoms with Gasteiger partial charge in [-0.1, -0.05) is 0 Å². The SMILES string of the molecule is COC(=O)Cc1sc(NC(=O)c2cnccn2)nc1C. The van der Waals surface area contributed by atoms with Crippen molar-refractivity contribution in [2.24, 2.45) is 0 Å². The number of nitrogens with zero attached hydrogens (tertiary/aromatic N) is 3. The van der Waals surface area contributed by atoms with Crippen LogP contribution in [0, 0.1) is 6.92 Å². The zero-order valence-electron chi connectivity index (χ0n) is 10.9. The maximum absolute atomic E-state index is 11.9. The molecule has 0 aromatic carbocycles. The molecule has 1 amide bonds. The summed E-state index contributed by atoms with van der Waals surface area (Å²) in [5.41, 5.74) is 0.893. The van der Waals surface area contributed by atoms with Crippen molar-refractivity contribution in [2.45, 2.75) is 13.3 Å². The van der Waals surface area contributed by atoms with E-state index in [1.54, 1.807) is 6.92 Å². The van der Waals surface area contributed by atoms with E-state index in [1.807, 2.05) is 0 Å². The molecular weight excluding hydrogens is 280 g/mol. The van der Waals surface area contributed by atoms with Crippen LogP contribution >= 0.6 is 11.3 Å². The van der Waals surface area contributed by atoms with Gasteiger partial charge in [-0.2, -0.15) is 0 Å². The number of carbonyl (C=O) groups excluding carboxylic acids is 2. The molecule has 8 heteroatoms. The molecule has 2 heterocycles. The summed E-state index contributed by atoms with van der Waals surface area (Å²) in [6.07, 6.45) is 4.43. The lowest BCUT2D eigenvalue weighted by Crippen LogP contribution is -2.13. The van der Waals surface area contributed by atoms with Gasteiger partial charge < -0.3 is 4.74 Å². The minimum absolute atomic E-state index is 0.140. The first-order valence-corrected chi connectivity index (χ1v) is 6.52. The van der Waals surface area contributed by atoms with Gasteiger partial charge in [-0.05, 0) is 6.92 Å². The van der Waals surface area contributed by atoms with Crippen molar-refractivity contribution in [1.82, 2.24) is 15.0 Å². The average Bonchev–Trinajstić information content (AvgIpc) is 2.79. The summed E-state index contributed by atoms with van der Waals surface area (Å²) in [6.45, 7) is 1.77. The molecule has 0 atom stereocenters. The van der Waals surface area contributed by atoms with E-state index in [-0.39, 0.29) is 18.1 Å². The Labute approximate surface area is 119 Å². The van der Waals surface area contributed by atoms with Crippen molar-refractivity contribution in [3.63, 3.8) is 0 Å². The van der Waals surface area contributed by atoms with Crippen molar-refractivity contribution in [2.75, 3.05) is 12.4 Å². The van der Waals surface area contributed by atoms with Crippen LogP contribution in [0.3, 0.4) is 0 Å². The van der Waals surface area contributed by atoms with Crippen molar-refractivity contribution < 1.29 is 14.3 Å². The molecule has 0 saturated heterocycles. The van der Waals surface area contributed by atoms with Crippen LogP contribution in [0.2, 0.25) is 0 Å². The number of nitrogens with one attached hydrogen (secondary N) is 1. The van der Waals surface area contributed by atoms with Gasteiger partial charge in [0.15, 0.2) is 5.13 Å². The summed E-state index contributed by atoms with van der Waals surface area (Å²) in [5.74, 6) is -0.736. The second-order valence-corrected chi connectivity index (χ2v) is 4.91. The van der Waals surface area contributed by atoms with Crippen LogP contribution in [0.1, 0.15) is 21.1 Å². The van der Waals surface area contributed by atoms with Crippen LogP contribution in [0.15, 0.2) is 18.6 Å². The van der Waals surface area contributed by atoms with Crippen LogP contribution in [-0.4, -0.2) is 33.9 Å². The molecule has 20 heavy (non-hydrogen) atoms. The fraction of sp³-hybridized carbons (Fsp3) is 0.250. The number of aryl methyl sites for hydroxylation is 1. The van der Waals surface area contributed by atoms with Gasteiger partial charge in [0.25, 0.3) is 5.91 Å². The van der Waals surface area contributed by atoms with E-state index in [0.717, 1.165) is 4.88 Å². The first-order chi connectivity index (χ1) is 9.60. The molecule has 0 bridgehead atoms. The lowest BCUT2D eigenvalue weighted by Gasteiger charge is -1.99. The summed E-state index contributed by atoms with van der Waals surface area (Å²) in [6, 6.07) is 0. The van der Waals surface area contributed by atoms with Gasteiger partial charge in [-0.15, -0.1) is 11.3 Å². The Hall–Kier alpha value is -2.35. The minimum Gasteiger partial charge on any atom is -0.469 e. The Morgan fingerprint density at radius 2 is 2.20 bits per heavy atom. The highest BCUT2D eigenvalue weighted by Crippen LogP contribution is 2.23. The van der Waals surface area contributed by atoms with Crippen molar-refractivity contribution in [3.8, 4) is 0 Å². The molecule has 104 valence electrons. The lowest BCUT2D eigenvalue weighted by molar-refractivity contribution is -0.139. The average molecular weight is 292 g/mol. The Bertz CT molecular complexity index is 627. The Balaban J connectivity index is 2.09. The van der Waals surface area contributed by atoms with Gasteiger partial charge in [0.05, 0.1) is 25.4 Å². The fourth-order valence-electron chi connectivity index (χ4n) is 1.43. The zero-order chi connectivity index (χ0) is 14.5. The smallest absolute Gasteiger partial charge is 0.310 e. The molecule has 1 N–H and O–H groups in total. The lowest BCUT2D eigenvalue weighted by atomic mass is 10.3. The highest BCUT2D eigenvalue weighted by Gasteiger charge is 2.15. The number of methoxy groups -OCH3 is 1. The third-order valence-electron chi connectivity index (χ3n) is 2.44. The summed E-state index contributed by atoms with van der Waals surface area (Å²) in [7, 11) is 1.33. The molecule has 0 fully saturated rings. The monoisotopic (exact) mass is 292 g/mol. The number of amides is 1. The largest absolute Gasteiger partial charge is 0.469 e. The molecule has 0 saturated carbocycles. The predicted octanol–water partition coefficient (Wildman–Crippen LogP) is 1.21. The third kappa shape index (κ3) is 3.35. The van der Waals surface area contributed by atoms with E-state index in [9.17, 15) is 9.59 Å². The van der Waals surface area contributed by atoms with Crippen LogP contribution < -0.4 is 5.32 Å². The molecule has 0 spiro atoms. The van der Waals surface area contributed by atoms with E-state index < -0.39 is 5.91 Å². The van der Waals surface area contributed by atoms with Crippen LogP contribution in [0.4, 0.5) is 5.13 Å². The minimum atomic E-state index is -0.392. The van der Waals surface area contributed by atoms with Crippen LogP contribution in [0.5, 0.6) is 0 Å². The topological polar surface area (TPSA) is 94.1 Å². The summed E-state index contributed by atoms with van der Waals surface area (Å²) < 4.78 is 4.60. The Morgan fingerprint density at radius 3 is 2.85 bits per heavy atom. The van der Waals surface area contributed by atoms with Crippen molar-refractivity contribution in [3.05, 3.63) is 34.9 Å². The summed E-state index contributed by atoms with van der Waals surface area (Å²) in [5, 5.41) is 3.04. The first kappa shape index (κ1) is 14.1. The molecule has 0 radical (unpaired) electrons. The molecule has 0 aliphatic carbocycles. The number of esters is 1. The molecule has 2 aromatic rings. The molecule has 0 aliphatic heterocycles. The number of hydrogen-bond acceptors (Lipinski definition) is 7. The van der Waals surface area contributed by atoms with Crippen LogP contribution in [-0.2, 0) is 16.0 Å². The maximum Gasteiger partial charge on any atom is 0.310 e. The molecule has 0 aliphatic rings. The summed E-state index contributed by atoms with van der Waals surface area (Å²) >= 11 is 1.23. The molecule has 7 nitrogen and oxygen atoms in total. The van der Waals surface area contributed by atoms with E-state index in [4.69, 9.17) is 0 Å². The number of rotatable bonds is 4. The maximum atomic E-state index is 11.9. The van der Waals surface area contributed by atoms with Gasteiger partial charge in [-0.25, -0.2) is 9.97 Å². The van der Waals surface area contributed by atoms with E-state index in [0.29, 0.717) is 10.8 Å². The van der Waals surface area contributed by atoms with E-state index >= 15 is 0 Å². The van der Waals surface area contributed by atoms with Crippen molar-refractivity contribution >= 4 is 28.3 Å². The highest BCUT2D eigenvalue weighted by atomic mass is 32.1. The number of anilines is 1. The zero-order valence-corrected chi connectivity index (χ0v) is 11.7. The van der Waals surface area contributed by atoms with E-state index in [2.05, 4.69) is 25.0 Å². The predicted molar refractivity (Wildman–Crippen MR) is 72.6 cm³/mol. The molecule has 0 unspecified atom stereocenters. The number of aromatic nitrogens is 3. The number of thiazole rings is 1. The molecule has 2 aromatic heterocycles. The Kier molecular flexibility index (Phi) is 4.36. The number of hydrogen-bond donors (Lipinski definition) is 1. The summed E-state index contributed by atoms with van der Waals surface area (Å²) in [4.78, 5) is 35.8. The van der Waals surface area contributed by atoms with Gasteiger partial charge >= 0.3 is 5.97 Å². The number of ether oxygens (including phenoxy) is 1. The van der Waals surface area contributed by atoms with Gasteiger partial charge in [0, 0.05) is 17.3 Å². The van der Waals surface area contributed by atoms with Gasteiger partial charge in [0.2, 0.25) is 0 Å². The number of carbonyl (C=O) groups is 2. The Morgan fingerprint density at radius 1 is 1.40 bits per heavy atom. The second-order valence-electron chi connectivity index (χ2n) is 3.83. The van der Waals surface area contributed by atoms with Gasteiger partial charge in [0.1, 0.15) is 5.69 Å². The molecular formula is C12H12N4O3S. The van der Waals surface area contributed by atoms with E-state index in [1.165, 1.54) is 37.0 Å². The third-order valence-corrected chi connectivity index (χ3v) is 3.51. The first-order valence-electron chi connectivity index (χ1n) is 5.70. The highest BCUT2D eigenvalue weighted by molar-refractivity contribution is 7.16. The standard InChI is InChI=1S/C12H12N4O3S/c1-7-9(5-10(17)19-2)20-12(15-7)16-11(18)8-6-13-3-4-14-8/h3-4,6H,5H2,1-2H3,(H,15,16,18). The normalized spacial score (nSPS) is 10.1. The second kappa shape index (κ2) is 6.20. The molecule has 2 rings (SSSR count). The quantitative estimate of drug-likeness (QED) is 0.851.